The molecule has 0 saturated heterocycles. The Kier molecular flexibility index (Phi) is 5.12. The van der Waals surface area contributed by atoms with Gasteiger partial charge in [0.2, 0.25) is 0 Å². The summed E-state index contributed by atoms with van der Waals surface area (Å²) in [6.45, 7) is 2.46. The summed E-state index contributed by atoms with van der Waals surface area (Å²) in [5, 5.41) is 12.1. The van der Waals surface area contributed by atoms with E-state index >= 15 is 0 Å². The van der Waals surface area contributed by atoms with Crippen LogP contribution in [0.2, 0.25) is 0 Å². The molecule has 4 rings (SSSR count). The average Bonchev–Trinajstić information content (AvgIpc) is 3.04. The van der Waals surface area contributed by atoms with E-state index in [0.29, 0.717) is 6.61 Å². The van der Waals surface area contributed by atoms with Crippen LogP contribution in [0.3, 0.4) is 0 Å². The maximum atomic E-state index is 5.85. The number of benzene rings is 3. The lowest BCUT2D eigenvalue weighted by molar-refractivity contribution is 0.290. The molecule has 0 spiro atoms. The molecule has 3 aromatic carbocycles. The molecule has 136 valence electrons. The van der Waals surface area contributed by atoms with Crippen LogP contribution < -0.4 is 4.74 Å². The van der Waals surface area contributed by atoms with Gasteiger partial charge in [-0.15, -0.1) is 10.2 Å². The van der Waals surface area contributed by atoms with E-state index in [0.717, 1.165) is 22.5 Å². The van der Waals surface area contributed by atoms with Crippen molar-refractivity contribution < 1.29 is 4.74 Å². The number of aryl methyl sites for hydroxylation is 1. The summed E-state index contributed by atoms with van der Waals surface area (Å²) in [5.74, 6) is 2.52. The molecule has 1 heterocycles. The number of rotatable bonds is 6. The lowest BCUT2D eigenvalue weighted by Crippen LogP contribution is -2.04. The summed E-state index contributed by atoms with van der Waals surface area (Å²) in [4.78, 5) is 0. The van der Waals surface area contributed by atoms with Gasteiger partial charge in [-0.1, -0.05) is 66.4 Å². The van der Waals surface area contributed by atoms with E-state index in [2.05, 4.69) is 65.7 Å². The lowest BCUT2D eigenvalue weighted by atomic mass is 10.1. The van der Waals surface area contributed by atoms with Gasteiger partial charge < -0.3 is 9.30 Å². The summed E-state index contributed by atoms with van der Waals surface area (Å²) in [6, 6.07) is 22.9. The minimum absolute atomic E-state index is 0.405. The Bertz CT molecular complexity index is 1070. The minimum atomic E-state index is 0.405. The second-order valence-corrected chi connectivity index (χ2v) is 7.43. The van der Waals surface area contributed by atoms with Crippen molar-refractivity contribution in [2.75, 3.05) is 0 Å². The molecule has 0 aliphatic rings. The van der Waals surface area contributed by atoms with E-state index in [1.165, 1.54) is 21.9 Å². The standard InChI is InChI=1S/C22H21N3OS/c1-16-7-5-11-19(13-16)26-14-21-23-24-22(25(21)2)27-15-18-10-6-9-17-8-3-4-12-20(17)18/h3-13H,14-15H2,1-2H3. The Balaban J connectivity index is 1.44. The fourth-order valence-electron chi connectivity index (χ4n) is 3.01. The SMILES string of the molecule is Cc1cccc(OCc2nnc(SCc3cccc4ccccc34)n2C)c1. The maximum absolute atomic E-state index is 5.85. The van der Waals surface area contributed by atoms with Crippen molar-refractivity contribution in [3.63, 3.8) is 0 Å². The molecule has 0 aliphatic heterocycles. The van der Waals surface area contributed by atoms with E-state index in [4.69, 9.17) is 4.74 Å². The lowest BCUT2D eigenvalue weighted by Gasteiger charge is -2.08. The van der Waals surface area contributed by atoms with Gasteiger partial charge >= 0.3 is 0 Å². The summed E-state index contributed by atoms with van der Waals surface area (Å²) in [6.07, 6.45) is 0. The highest BCUT2D eigenvalue weighted by molar-refractivity contribution is 7.98. The molecule has 0 fully saturated rings. The van der Waals surface area contributed by atoms with Crippen LogP contribution in [0.5, 0.6) is 5.75 Å². The third-order valence-corrected chi connectivity index (χ3v) is 5.59. The zero-order valence-electron chi connectivity index (χ0n) is 15.4. The summed E-state index contributed by atoms with van der Waals surface area (Å²) in [5.41, 5.74) is 2.48. The topological polar surface area (TPSA) is 39.9 Å². The van der Waals surface area contributed by atoms with Gasteiger partial charge in [0.1, 0.15) is 12.4 Å². The van der Waals surface area contributed by atoms with Crippen LogP contribution in [-0.4, -0.2) is 14.8 Å². The highest BCUT2D eigenvalue weighted by atomic mass is 32.2. The van der Waals surface area contributed by atoms with Crippen LogP contribution >= 0.6 is 11.8 Å². The van der Waals surface area contributed by atoms with E-state index in [9.17, 15) is 0 Å². The third-order valence-electron chi connectivity index (χ3n) is 4.52. The molecule has 0 radical (unpaired) electrons. The highest BCUT2D eigenvalue weighted by Crippen LogP contribution is 2.26. The Morgan fingerprint density at radius 2 is 1.78 bits per heavy atom. The fourth-order valence-corrected chi connectivity index (χ4v) is 3.94. The number of ether oxygens (including phenoxy) is 1. The normalized spacial score (nSPS) is 11.0. The van der Waals surface area contributed by atoms with Gasteiger partial charge in [0.05, 0.1) is 0 Å². The van der Waals surface area contributed by atoms with Crippen molar-refractivity contribution in [2.45, 2.75) is 24.4 Å². The van der Waals surface area contributed by atoms with E-state index in [1.54, 1.807) is 11.8 Å². The van der Waals surface area contributed by atoms with Gasteiger partial charge in [-0.05, 0) is 41.0 Å². The molecule has 0 atom stereocenters. The quantitative estimate of drug-likeness (QED) is 0.437. The second kappa shape index (κ2) is 7.84. The Morgan fingerprint density at radius 3 is 2.67 bits per heavy atom. The van der Waals surface area contributed by atoms with Crippen molar-refractivity contribution >= 4 is 22.5 Å². The number of hydrogen-bond acceptors (Lipinski definition) is 4. The van der Waals surface area contributed by atoms with E-state index in [-0.39, 0.29) is 0 Å². The fraction of sp³-hybridized carbons (Fsp3) is 0.182. The van der Waals surface area contributed by atoms with Gasteiger partial charge in [-0.3, -0.25) is 0 Å². The molecule has 0 aliphatic carbocycles. The Labute approximate surface area is 163 Å². The molecule has 4 nitrogen and oxygen atoms in total. The minimum Gasteiger partial charge on any atom is -0.486 e. The summed E-state index contributed by atoms with van der Waals surface area (Å²) in [7, 11) is 1.99. The molecular formula is C22H21N3OS. The Morgan fingerprint density at radius 1 is 0.963 bits per heavy atom. The van der Waals surface area contributed by atoms with Crippen LogP contribution in [0.15, 0.2) is 71.9 Å². The third kappa shape index (κ3) is 3.98. The van der Waals surface area contributed by atoms with Crippen molar-refractivity contribution in [1.82, 2.24) is 14.8 Å². The molecular weight excluding hydrogens is 354 g/mol. The number of aromatic nitrogens is 3. The van der Waals surface area contributed by atoms with Crippen molar-refractivity contribution in [2.24, 2.45) is 7.05 Å². The zero-order chi connectivity index (χ0) is 18.6. The number of fused-ring (bicyclic) bond motifs is 1. The van der Waals surface area contributed by atoms with Crippen molar-refractivity contribution in [1.29, 1.82) is 0 Å². The predicted octanol–water partition coefficient (Wildman–Crippen LogP) is 5.15. The zero-order valence-corrected chi connectivity index (χ0v) is 16.2. The monoisotopic (exact) mass is 375 g/mol. The van der Waals surface area contributed by atoms with Gasteiger partial charge in [-0.25, -0.2) is 0 Å². The molecule has 0 saturated carbocycles. The first-order valence-electron chi connectivity index (χ1n) is 8.88. The number of thioether (sulfide) groups is 1. The number of hydrogen-bond donors (Lipinski definition) is 0. The summed E-state index contributed by atoms with van der Waals surface area (Å²) < 4.78 is 7.86. The van der Waals surface area contributed by atoms with Crippen LogP contribution in [0.1, 0.15) is 17.0 Å². The molecule has 0 N–H and O–H groups in total. The van der Waals surface area contributed by atoms with Crippen LogP contribution in [0.25, 0.3) is 10.8 Å². The largest absolute Gasteiger partial charge is 0.486 e. The first kappa shape index (κ1) is 17.6. The highest BCUT2D eigenvalue weighted by Gasteiger charge is 2.11. The predicted molar refractivity (Wildman–Crippen MR) is 110 cm³/mol. The van der Waals surface area contributed by atoms with Gasteiger partial charge in [0.25, 0.3) is 0 Å². The van der Waals surface area contributed by atoms with Crippen molar-refractivity contribution in [3.8, 4) is 5.75 Å². The molecule has 0 amide bonds. The number of nitrogens with zero attached hydrogens (tertiary/aromatic N) is 3. The molecule has 0 unspecified atom stereocenters. The van der Waals surface area contributed by atoms with E-state index in [1.807, 2.05) is 29.8 Å². The average molecular weight is 375 g/mol. The molecule has 4 aromatic rings. The summed E-state index contributed by atoms with van der Waals surface area (Å²) >= 11 is 1.69. The first-order chi connectivity index (χ1) is 13.2. The second-order valence-electron chi connectivity index (χ2n) is 6.49. The van der Waals surface area contributed by atoms with Gasteiger partial charge in [0.15, 0.2) is 11.0 Å². The maximum Gasteiger partial charge on any atom is 0.191 e. The first-order valence-corrected chi connectivity index (χ1v) is 9.86. The van der Waals surface area contributed by atoms with E-state index < -0.39 is 0 Å². The molecule has 27 heavy (non-hydrogen) atoms. The Hall–Kier alpha value is -2.79. The van der Waals surface area contributed by atoms with Gasteiger partial charge in [0, 0.05) is 12.8 Å². The van der Waals surface area contributed by atoms with Crippen LogP contribution in [-0.2, 0) is 19.4 Å². The van der Waals surface area contributed by atoms with Crippen LogP contribution in [0.4, 0.5) is 0 Å². The molecule has 1 aromatic heterocycles. The molecule has 5 heteroatoms. The van der Waals surface area contributed by atoms with Gasteiger partial charge in [-0.2, -0.15) is 0 Å². The van der Waals surface area contributed by atoms with Crippen molar-refractivity contribution in [3.05, 3.63) is 83.7 Å². The van der Waals surface area contributed by atoms with Crippen LogP contribution in [0, 0.1) is 6.92 Å². The smallest absolute Gasteiger partial charge is 0.191 e. The molecule has 0 bridgehead atoms.